The van der Waals surface area contributed by atoms with Crippen LogP contribution in [0.5, 0.6) is 0 Å². The minimum absolute atomic E-state index is 0. The van der Waals surface area contributed by atoms with Crippen molar-refractivity contribution in [3.8, 4) is 0 Å². The van der Waals surface area contributed by atoms with Gasteiger partial charge in [-0.3, -0.25) is 9.59 Å². The summed E-state index contributed by atoms with van der Waals surface area (Å²) in [6, 6.07) is 4.03. The standard InChI is InChI=1S/C15H21N3O2.ClH/c1-9-6-10(2)13(11(3)7-9)18-12(19)8-17-14(20)15(16)4-5-15;/h6-7H,4-5,8,16H2,1-3H3,(H,17,20)(H,18,19);1H. The highest BCUT2D eigenvalue weighted by Crippen LogP contribution is 2.32. The van der Waals surface area contributed by atoms with Gasteiger partial charge in [0.2, 0.25) is 11.8 Å². The van der Waals surface area contributed by atoms with Crippen molar-refractivity contribution < 1.29 is 9.59 Å². The molecule has 0 unspecified atom stereocenters. The maximum atomic E-state index is 11.9. The Bertz CT molecular complexity index is 545. The van der Waals surface area contributed by atoms with Gasteiger partial charge in [-0.2, -0.15) is 0 Å². The highest BCUT2D eigenvalue weighted by atomic mass is 35.5. The van der Waals surface area contributed by atoms with Gasteiger partial charge >= 0.3 is 0 Å². The van der Waals surface area contributed by atoms with E-state index in [1.807, 2.05) is 32.9 Å². The monoisotopic (exact) mass is 311 g/mol. The largest absolute Gasteiger partial charge is 0.345 e. The molecule has 0 aromatic heterocycles. The molecule has 21 heavy (non-hydrogen) atoms. The van der Waals surface area contributed by atoms with E-state index in [2.05, 4.69) is 10.6 Å². The molecule has 5 nitrogen and oxygen atoms in total. The Morgan fingerprint density at radius 1 is 1.19 bits per heavy atom. The summed E-state index contributed by atoms with van der Waals surface area (Å²) < 4.78 is 0. The highest BCUT2D eigenvalue weighted by Gasteiger charge is 2.45. The van der Waals surface area contributed by atoms with Crippen molar-refractivity contribution in [2.45, 2.75) is 39.2 Å². The molecule has 0 spiro atoms. The molecule has 2 amide bonds. The van der Waals surface area contributed by atoms with Gasteiger partial charge in [-0.15, -0.1) is 12.4 Å². The van der Waals surface area contributed by atoms with Gasteiger partial charge in [0.25, 0.3) is 0 Å². The maximum absolute atomic E-state index is 11.9. The molecular formula is C15H22ClN3O2. The molecule has 2 rings (SSSR count). The van der Waals surface area contributed by atoms with Crippen LogP contribution >= 0.6 is 12.4 Å². The third-order valence-electron chi connectivity index (χ3n) is 3.59. The molecule has 1 fully saturated rings. The van der Waals surface area contributed by atoms with Crippen molar-refractivity contribution in [1.82, 2.24) is 5.32 Å². The number of rotatable bonds is 4. The Hall–Kier alpha value is -1.59. The molecular weight excluding hydrogens is 290 g/mol. The summed E-state index contributed by atoms with van der Waals surface area (Å²) in [5.74, 6) is -0.484. The SMILES string of the molecule is Cc1cc(C)c(NC(=O)CNC(=O)C2(N)CC2)c(C)c1.Cl. The Kier molecular flexibility index (Phi) is 5.36. The average molecular weight is 312 g/mol. The zero-order valence-electron chi connectivity index (χ0n) is 12.6. The number of aryl methyl sites for hydroxylation is 3. The molecule has 0 aliphatic heterocycles. The zero-order chi connectivity index (χ0) is 14.9. The van der Waals surface area contributed by atoms with Gasteiger partial charge in [0.1, 0.15) is 0 Å². The summed E-state index contributed by atoms with van der Waals surface area (Å²) in [5, 5.41) is 5.42. The molecule has 4 N–H and O–H groups in total. The second-order valence-electron chi connectivity index (χ2n) is 5.66. The van der Waals surface area contributed by atoms with E-state index in [1.54, 1.807) is 0 Å². The van der Waals surface area contributed by atoms with Crippen LogP contribution in [0.4, 0.5) is 5.69 Å². The molecule has 1 aliphatic carbocycles. The molecule has 1 aliphatic rings. The number of benzene rings is 1. The fourth-order valence-corrected chi connectivity index (χ4v) is 2.26. The normalized spacial score (nSPS) is 14.9. The van der Waals surface area contributed by atoms with Crippen LogP contribution in [0.3, 0.4) is 0 Å². The molecule has 116 valence electrons. The predicted octanol–water partition coefficient (Wildman–Crippen LogP) is 1.58. The summed E-state index contributed by atoms with van der Waals surface area (Å²) in [4.78, 5) is 23.5. The van der Waals surface area contributed by atoms with Crippen LogP contribution in [0.15, 0.2) is 12.1 Å². The Morgan fingerprint density at radius 3 is 2.19 bits per heavy atom. The first kappa shape index (κ1) is 17.5. The summed E-state index contributed by atoms with van der Waals surface area (Å²) >= 11 is 0. The second kappa shape index (κ2) is 6.45. The molecule has 0 atom stereocenters. The fourth-order valence-electron chi connectivity index (χ4n) is 2.26. The first-order valence-electron chi connectivity index (χ1n) is 6.77. The Labute approximate surface area is 131 Å². The summed E-state index contributed by atoms with van der Waals surface area (Å²) in [5.41, 5.74) is 9.00. The van der Waals surface area contributed by atoms with Crippen LogP contribution in [0.2, 0.25) is 0 Å². The third-order valence-corrected chi connectivity index (χ3v) is 3.59. The third kappa shape index (κ3) is 4.19. The lowest BCUT2D eigenvalue weighted by Crippen LogP contribution is -2.45. The summed E-state index contributed by atoms with van der Waals surface area (Å²) in [6.45, 7) is 5.87. The van der Waals surface area contributed by atoms with Crippen LogP contribution in [-0.4, -0.2) is 23.9 Å². The Morgan fingerprint density at radius 2 is 1.71 bits per heavy atom. The van der Waals surface area contributed by atoms with E-state index >= 15 is 0 Å². The molecule has 0 heterocycles. The molecule has 1 aromatic carbocycles. The summed E-state index contributed by atoms with van der Waals surface area (Å²) in [6.07, 6.45) is 1.38. The van der Waals surface area contributed by atoms with E-state index in [0.29, 0.717) is 12.8 Å². The number of halogens is 1. The minimum atomic E-state index is -0.740. The zero-order valence-corrected chi connectivity index (χ0v) is 13.4. The highest BCUT2D eigenvalue weighted by molar-refractivity contribution is 5.97. The van der Waals surface area contributed by atoms with E-state index < -0.39 is 5.54 Å². The predicted molar refractivity (Wildman–Crippen MR) is 85.7 cm³/mol. The lowest BCUT2D eigenvalue weighted by Gasteiger charge is -2.14. The van der Waals surface area contributed by atoms with Crippen LogP contribution in [0, 0.1) is 20.8 Å². The van der Waals surface area contributed by atoms with E-state index in [-0.39, 0.29) is 30.8 Å². The van der Waals surface area contributed by atoms with E-state index in [4.69, 9.17) is 5.73 Å². The molecule has 1 saturated carbocycles. The molecule has 0 bridgehead atoms. The van der Waals surface area contributed by atoms with Crippen molar-refractivity contribution in [2.24, 2.45) is 5.73 Å². The minimum Gasteiger partial charge on any atom is -0.345 e. The van der Waals surface area contributed by atoms with Crippen LogP contribution in [0.25, 0.3) is 0 Å². The molecule has 6 heteroatoms. The fraction of sp³-hybridized carbons (Fsp3) is 0.467. The smallest absolute Gasteiger partial charge is 0.243 e. The molecule has 1 aromatic rings. The maximum Gasteiger partial charge on any atom is 0.243 e. The van der Waals surface area contributed by atoms with Gasteiger partial charge in [-0.05, 0) is 44.7 Å². The van der Waals surface area contributed by atoms with E-state index in [0.717, 1.165) is 22.4 Å². The van der Waals surface area contributed by atoms with Crippen molar-refractivity contribution in [2.75, 3.05) is 11.9 Å². The van der Waals surface area contributed by atoms with Crippen LogP contribution in [-0.2, 0) is 9.59 Å². The number of amides is 2. The van der Waals surface area contributed by atoms with Gasteiger partial charge in [-0.25, -0.2) is 0 Å². The van der Waals surface area contributed by atoms with E-state index in [1.165, 1.54) is 0 Å². The van der Waals surface area contributed by atoms with Gasteiger partial charge in [0.05, 0.1) is 12.1 Å². The van der Waals surface area contributed by atoms with Crippen molar-refractivity contribution in [1.29, 1.82) is 0 Å². The van der Waals surface area contributed by atoms with Crippen molar-refractivity contribution in [3.05, 3.63) is 28.8 Å². The number of hydrogen-bond acceptors (Lipinski definition) is 3. The number of hydrogen-bond donors (Lipinski definition) is 3. The molecule has 0 radical (unpaired) electrons. The van der Waals surface area contributed by atoms with Crippen LogP contribution in [0.1, 0.15) is 29.5 Å². The van der Waals surface area contributed by atoms with Gasteiger partial charge in [0.15, 0.2) is 0 Å². The molecule has 0 saturated heterocycles. The average Bonchev–Trinajstić information content (AvgIpc) is 3.10. The van der Waals surface area contributed by atoms with Gasteiger partial charge in [-0.1, -0.05) is 17.7 Å². The van der Waals surface area contributed by atoms with Gasteiger partial charge < -0.3 is 16.4 Å². The first-order chi connectivity index (χ1) is 9.32. The van der Waals surface area contributed by atoms with E-state index in [9.17, 15) is 9.59 Å². The number of nitrogens with two attached hydrogens (primary N) is 1. The van der Waals surface area contributed by atoms with Crippen molar-refractivity contribution >= 4 is 29.9 Å². The second-order valence-corrected chi connectivity index (χ2v) is 5.66. The quantitative estimate of drug-likeness (QED) is 0.789. The topological polar surface area (TPSA) is 84.2 Å². The number of carbonyl (C=O) groups excluding carboxylic acids is 2. The summed E-state index contributed by atoms with van der Waals surface area (Å²) in [7, 11) is 0. The first-order valence-corrected chi connectivity index (χ1v) is 6.77. The number of carbonyl (C=O) groups is 2. The van der Waals surface area contributed by atoms with Crippen LogP contribution < -0.4 is 16.4 Å². The lowest BCUT2D eigenvalue weighted by molar-refractivity contribution is -0.125. The number of nitrogens with one attached hydrogen (secondary N) is 2. The number of anilines is 1. The van der Waals surface area contributed by atoms with Crippen molar-refractivity contribution in [3.63, 3.8) is 0 Å². The lowest BCUT2D eigenvalue weighted by atomic mass is 10.1. The van der Waals surface area contributed by atoms with Gasteiger partial charge in [0, 0.05) is 5.69 Å². The Balaban J connectivity index is 0.00000220.